The van der Waals surface area contributed by atoms with E-state index in [1.54, 1.807) is 0 Å². The van der Waals surface area contributed by atoms with Gasteiger partial charge < -0.3 is 14.8 Å². The molecule has 26 heavy (non-hydrogen) atoms. The molecular formula is C20H21N3O3. The van der Waals surface area contributed by atoms with Crippen molar-refractivity contribution in [1.29, 1.82) is 0 Å². The predicted octanol–water partition coefficient (Wildman–Crippen LogP) is 3.17. The van der Waals surface area contributed by atoms with Crippen LogP contribution in [-0.4, -0.2) is 28.1 Å². The smallest absolute Gasteiger partial charge is 0.263 e. The Kier molecular flexibility index (Phi) is 4.11. The lowest BCUT2D eigenvalue weighted by molar-refractivity contribution is -0.118. The number of benzene rings is 1. The van der Waals surface area contributed by atoms with Crippen LogP contribution in [0.15, 0.2) is 30.6 Å². The Morgan fingerprint density at radius 3 is 3.12 bits per heavy atom. The number of nitrogens with one attached hydrogen (secondary N) is 1. The van der Waals surface area contributed by atoms with E-state index in [4.69, 9.17) is 9.47 Å². The van der Waals surface area contributed by atoms with Crippen molar-refractivity contribution < 1.29 is 14.3 Å². The SMILES string of the molecule is CC1(C)Cc2cccc(OCC(=O)Nc3ncnc4c3C=CCC4)c2O1. The summed E-state index contributed by atoms with van der Waals surface area (Å²) in [6.07, 6.45) is 8.13. The molecule has 6 heteroatoms. The summed E-state index contributed by atoms with van der Waals surface area (Å²) < 4.78 is 11.7. The van der Waals surface area contributed by atoms with Gasteiger partial charge in [0, 0.05) is 17.5 Å². The minimum Gasteiger partial charge on any atom is -0.483 e. The van der Waals surface area contributed by atoms with Gasteiger partial charge in [0.15, 0.2) is 18.1 Å². The van der Waals surface area contributed by atoms with Gasteiger partial charge in [-0.1, -0.05) is 24.3 Å². The third-order valence-corrected chi connectivity index (χ3v) is 4.47. The van der Waals surface area contributed by atoms with Gasteiger partial charge >= 0.3 is 0 Å². The number of hydrogen-bond donors (Lipinski definition) is 1. The Balaban J connectivity index is 1.44. The number of amides is 1. The van der Waals surface area contributed by atoms with E-state index < -0.39 is 0 Å². The van der Waals surface area contributed by atoms with Gasteiger partial charge in [-0.25, -0.2) is 9.97 Å². The molecule has 1 amide bonds. The third-order valence-electron chi connectivity index (χ3n) is 4.47. The molecule has 0 fully saturated rings. The topological polar surface area (TPSA) is 73.3 Å². The van der Waals surface area contributed by atoms with Crippen molar-refractivity contribution in [3.63, 3.8) is 0 Å². The van der Waals surface area contributed by atoms with E-state index in [1.807, 2.05) is 38.1 Å². The Bertz CT molecular complexity index is 890. The first kappa shape index (κ1) is 16.6. The molecule has 0 spiro atoms. The lowest BCUT2D eigenvalue weighted by Crippen LogP contribution is -2.25. The molecule has 0 radical (unpaired) electrons. The van der Waals surface area contributed by atoms with Crippen LogP contribution < -0.4 is 14.8 Å². The molecule has 0 saturated heterocycles. The summed E-state index contributed by atoms with van der Waals surface area (Å²) in [5.41, 5.74) is 2.67. The minimum atomic E-state index is -0.264. The van der Waals surface area contributed by atoms with Crippen molar-refractivity contribution in [2.75, 3.05) is 11.9 Å². The van der Waals surface area contributed by atoms with Gasteiger partial charge in [0.1, 0.15) is 17.7 Å². The highest BCUT2D eigenvalue weighted by Crippen LogP contribution is 2.41. The summed E-state index contributed by atoms with van der Waals surface area (Å²) in [5, 5.41) is 2.82. The Morgan fingerprint density at radius 1 is 1.35 bits per heavy atom. The van der Waals surface area contributed by atoms with Crippen LogP contribution in [-0.2, 0) is 17.6 Å². The van der Waals surface area contributed by atoms with Gasteiger partial charge in [-0.05, 0) is 32.8 Å². The van der Waals surface area contributed by atoms with Crippen LogP contribution in [0.4, 0.5) is 5.82 Å². The van der Waals surface area contributed by atoms with Crippen LogP contribution in [0.25, 0.3) is 6.08 Å². The highest BCUT2D eigenvalue weighted by Gasteiger charge is 2.32. The van der Waals surface area contributed by atoms with E-state index in [9.17, 15) is 4.79 Å². The molecule has 1 aromatic carbocycles. The monoisotopic (exact) mass is 351 g/mol. The zero-order valence-electron chi connectivity index (χ0n) is 14.9. The van der Waals surface area contributed by atoms with Crippen LogP contribution in [0.1, 0.15) is 37.1 Å². The lowest BCUT2D eigenvalue weighted by Gasteiger charge is -2.18. The second-order valence-corrected chi connectivity index (χ2v) is 7.14. The molecule has 2 aliphatic rings. The van der Waals surface area contributed by atoms with Crippen molar-refractivity contribution in [2.45, 2.75) is 38.7 Å². The number of carbonyl (C=O) groups excluding carboxylic acids is 1. The van der Waals surface area contributed by atoms with Crippen molar-refractivity contribution >= 4 is 17.8 Å². The number of carbonyl (C=O) groups is 1. The second kappa shape index (κ2) is 6.44. The number of fused-ring (bicyclic) bond motifs is 2. The minimum absolute atomic E-state index is 0.108. The number of aryl methyl sites for hydroxylation is 1. The maximum atomic E-state index is 12.3. The molecular weight excluding hydrogens is 330 g/mol. The van der Waals surface area contributed by atoms with Crippen LogP contribution in [0, 0.1) is 0 Å². The number of nitrogens with zero attached hydrogens (tertiary/aromatic N) is 2. The third kappa shape index (κ3) is 3.27. The summed E-state index contributed by atoms with van der Waals surface area (Å²) in [6.45, 7) is 3.97. The van der Waals surface area contributed by atoms with Gasteiger partial charge in [-0.15, -0.1) is 0 Å². The van der Waals surface area contributed by atoms with Crippen LogP contribution in [0.3, 0.4) is 0 Å². The van der Waals surface area contributed by atoms with Crippen molar-refractivity contribution in [3.8, 4) is 11.5 Å². The first-order chi connectivity index (χ1) is 12.5. The van der Waals surface area contributed by atoms with E-state index in [0.717, 1.165) is 41.8 Å². The standard InChI is InChI=1S/C20H21N3O3/c1-20(2)10-13-6-5-9-16(18(13)26-20)25-11-17(24)23-19-14-7-3-4-8-15(14)21-12-22-19/h3,5-7,9,12H,4,8,10-11H2,1-2H3,(H,21,22,23,24). The number of ether oxygens (including phenoxy) is 2. The fraction of sp³-hybridized carbons (Fsp3) is 0.350. The van der Waals surface area contributed by atoms with Crippen molar-refractivity contribution in [1.82, 2.24) is 9.97 Å². The van der Waals surface area contributed by atoms with Crippen LogP contribution in [0.2, 0.25) is 0 Å². The molecule has 6 nitrogen and oxygen atoms in total. The second-order valence-electron chi connectivity index (χ2n) is 7.14. The Labute approximate surface area is 152 Å². The lowest BCUT2D eigenvalue weighted by atomic mass is 10.0. The number of anilines is 1. The molecule has 0 bridgehead atoms. The number of aromatic nitrogens is 2. The number of hydrogen-bond acceptors (Lipinski definition) is 5. The Morgan fingerprint density at radius 2 is 2.23 bits per heavy atom. The molecule has 134 valence electrons. The van der Waals surface area contributed by atoms with Gasteiger partial charge in [-0.3, -0.25) is 4.79 Å². The zero-order chi connectivity index (χ0) is 18.1. The average molecular weight is 351 g/mol. The zero-order valence-corrected chi connectivity index (χ0v) is 14.9. The largest absolute Gasteiger partial charge is 0.483 e. The highest BCUT2D eigenvalue weighted by atomic mass is 16.5. The molecule has 0 atom stereocenters. The molecule has 1 aliphatic carbocycles. The van der Waals surface area contributed by atoms with Gasteiger partial charge in [-0.2, -0.15) is 0 Å². The maximum absolute atomic E-state index is 12.3. The van der Waals surface area contributed by atoms with Gasteiger partial charge in [0.05, 0.1) is 5.69 Å². The molecule has 2 heterocycles. The van der Waals surface area contributed by atoms with Crippen LogP contribution >= 0.6 is 0 Å². The molecule has 1 N–H and O–H groups in total. The quantitative estimate of drug-likeness (QED) is 0.916. The fourth-order valence-electron chi connectivity index (χ4n) is 3.34. The molecule has 0 unspecified atom stereocenters. The molecule has 1 aromatic heterocycles. The Hall–Kier alpha value is -2.89. The molecule has 4 rings (SSSR count). The van der Waals surface area contributed by atoms with Gasteiger partial charge in [0.25, 0.3) is 5.91 Å². The first-order valence-corrected chi connectivity index (χ1v) is 8.76. The first-order valence-electron chi connectivity index (χ1n) is 8.76. The van der Waals surface area contributed by atoms with E-state index in [-0.39, 0.29) is 18.1 Å². The highest BCUT2D eigenvalue weighted by molar-refractivity contribution is 5.93. The number of rotatable bonds is 4. The molecule has 0 saturated carbocycles. The normalized spacial score (nSPS) is 16.4. The summed E-state index contributed by atoms with van der Waals surface area (Å²) in [7, 11) is 0. The summed E-state index contributed by atoms with van der Waals surface area (Å²) in [4.78, 5) is 20.8. The molecule has 2 aromatic rings. The summed E-state index contributed by atoms with van der Waals surface area (Å²) in [5.74, 6) is 1.58. The van der Waals surface area contributed by atoms with E-state index in [0.29, 0.717) is 11.6 Å². The average Bonchev–Trinajstić information content (AvgIpc) is 2.94. The van der Waals surface area contributed by atoms with Gasteiger partial charge in [0.2, 0.25) is 0 Å². The fourth-order valence-corrected chi connectivity index (χ4v) is 3.34. The van der Waals surface area contributed by atoms with E-state index in [2.05, 4.69) is 21.4 Å². The number of para-hydroxylation sites is 1. The number of allylic oxidation sites excluding steroid dienone is 1. The molecule has 1 aliphatic heterocycles. The van der Waals surface area contributed by atoms with Crippen molar-refractivity contribution in [2.24, 2.45) is 0 Å². The summed E-state index contributed by atoms with van der Waals surface area (Å²) in [6, 6.07) is 5.77. The van der Waals surface area contributed by atoms with Crippen molar-refractivity contribution in [3.05, 3.63) is 47.4 Å². The van der Waals surface area contributed by atoms with Crippen LogP contribution in [0.5, 0.6) is 11.5 Å². The summed E-state index contributed by atoms with van der Waals surface area (Å²) >= 11 is 0. The van der Waals surface area contributed by atoms with E-state index in [1.165, 1.54) is 6.33 Å². The van der Waals surface area contributed by atoms with E-state index >= 15 is 0 Å². The predicted molar refractivity (Wildman–Crippen MR) is 98.4 cm³/mol. The maximum Gasteiger partial charge on any atom is 0.263 e.